The van der Waals surface area contributed by atoms with Crippen molar-refractivity contribution in [1.29, 1.82) is 0 Å². The first kappa shape index (κ1) is 16.3. The quantitative estimate of drug-likeness (QED) is 0.532. The summed E-state index contributed by atoms with van der Waals surface area (Å²) in [5, 5.41) is 21.6. The van der Waals surface area contributed by atoms with Gasteiger partial charge in [0, 0.05) is 0 Å². The van der Waals surface area contributed by atoms with E-state index in [0.717, 1.165) is 15.6 Å². The fraction of sp³-hybridized carbons (Fsp3) is 0.105. The summed E-state index contributed by atoms with van der Waals surface area (Å²) in [6.45, 7) is 1.64. The van der Waals surface area contributed by atoms with Crippen LogP contribution in [0.5, 0.6) is 5.75 Å². The number of nitrogens with zero attached hydrogens (tertiary/aromatic N) is 2. The Kier molecular flexibility index (Phi) is 4.14. The first-order valence-corrected chi connectivity index (χ1v) is 8.80. The smallest absolute Gasteiger partial charge is 0.342 e. The Labute approximate surface area is 152 Å². The standard InChI is InChI=1S/C19H14N2O4S/c1-11(17-20-21-18(25-17)16-7-4-8-26-16)24-19(23)14-9-12-5-2-3-6-13(12)10-15(14)22/h2-11,22H,1H3/t11-/m0/s1. The van der Waals surface area contributed by atoms with Gasteiger partial charge in [-0.2, -0.15) is 0 Å². The highest BCUT2D eigenvalue weighted by molar-refractivity contribution is 7.13. The van der Waals surface area contributed by atoms with Crippen molar-refractivity contribution in [2.45, 2.75) is 13.0 Å². The van der Waals surface area contributed by atoms with Crippen molar-refractivity contribution in [2.24, 2.45) is 0 Å². The van der Waals surface area contributed by atoms with E-state index >= 15 is 0 Å². The van der Waals surface area contributed by atoms with Crippen molar-refractivity contribution < 1.29 is 19.1 Å². The van der Waals surface area contributed by atoms with Crippen molar-refractivity contribution in [3.05, 3.63) is 65.4 Å². The van der Waals surface area contributed by atoms with E-state index in [-0.39, 0.29) is 17.2 Å². The van der Waals surface area contributed by atoms with E-state index in [9.17, 15) is 9.90 Å². The number of phenolic OH excluding ortho intramolecular Hbond substituents is 1. The van der Waals surface area contributed by atoms with E-state index in [1.807, 2.05) is 41.8 Å². The lowest BCUT2D eigenvalue weighted by molar-refractivity contribution is 0.0277. The molecule has 0 saturated heterocycles. The van der Waals surface area contributed by atoms with Crippen molar-refractivity contribution in [2.75, 3.05) is 0 Å². The van der Waals surface area contributed by atoms with Crippen LogP contribution in [0.4, 0.5) is 0 Å². The summed E-state index contributed by atoms with van der Waals surface area (Å²) in [5.41, 5.74) is 0.0912. The molecule has 2 aromatic carbocycles. The van der Waals surface area contributed by atoms with Gasteiger partial charge < -0.3 is 14.3 Å². The van der Waals surface area contributed by atoms with Crippen molar-refractivity contribution in [3.63, 3.8) is 0 Å². The Bertz CT molecular complexity index is 1070. The van der Waals surface area contributed by atoms with Crippen LogP contribution in [-0.4, -0.2) is 21.3 Å². The molecule has 0 aliphatic carbocycles. The van der Waals surface area contributed by atoms with E-state index in [2.05, 4.69) is 10.2 Å². The lowest BCUT2D eigenvalue weighted by atomic mass is 10.1. The summed E-state index contributed by atoms with van der Waals surface area (Å²) in [6.07, 6.45) is -0.741. The zero-order valence-electron chi connectivity index (χ0n) is 13.7. The van der Waals surface area contributed by atoms with E-state index in [1.54, 1.807) is 13.0 Å². The Hall–Kier alpha value is -3.19. The molecule has 1 N–H and O–H groups in total. The number of hydrogen-bond donors (Lipinski definition) is 1. The van der Waals surface area contributed by atoms with Gasteiger partial charge in [-0.3, -0.25) is 0 Å². The Balaban J connectivity index is 1.55. The second-order valence-electron chi connectivity index (χ2n) is 5.69. The molecule has 0 spiro atoms. The van der Waals surface area contributed by atoms with E-state index in [0.29, 0.717) is 5.89 Å². The zero-order valence-corrected chi connectivity index (χ0v) is 14.6. The maximum Gasteiger partial charge on any atom is 0.342 e. The third kappa shape index (κ3) is 3.04. The van der Waals surface area contributed by atoms with Gasteiger partial charge in [0.1, 0.15) is 11.3 Å². The fourth-order valence-corrected chi connectivity index (χ4v) is 3.21. The number of aromatic hydroxyl groups is 1. The molecule has 0 saturated carbocycles. The second kappa shape index (κ2) is 6.61. The molecule has 0 bridgehead atoms. The monoisotopic (exact) mass is 366 g/mol. The molecule has 2 aromatic heterocycles. The van der Waals surface area contributed by atoms with Crippen molar-refractivity contribution >= 4 is 28.1 Å². The number of rotatable bonds is 4. The summed E-state index contributed by atoms with van der Waals surface area (Å²) in [5.74, 6) is -0.212. The molecule has 0 fully saturated rings. The van der Waals surface area contributed by atoms with Crippen LogP contribution in [0.1, 0.15) is 29.3 Å². The van der Waals surface area contributed by atoms with Crippen molar-refractivity contribution in [1.82, 2.24) is 10.2 Å². The maximum atomic E-state index is 12.5. The van der Waals surface area contributed by atoms with Crippen LogP contribution >= 0.6 is 11.3 Å². The largest absolute Gasteiger partial charge is 0.507 e. The number of carbonyl (C=O) groups excluding carboxylic acids is 1. The van der Waals surface area contributed by atoms with Crippen LogP contribution in [-0.2, 0) is 4.74 Å². The number of thiophene rings is 1. The van der Waals surface area contributed by atoms with E-state index < -0.39 is 12.1 Å². The molecule has 0 aliphatic heterocycles. The van der Waals surface area contributed by atoms with Gasteiger partial charge in [0.15, 0.2) is 6.10 Å². The number of fused-ring (bicyclic) bond motifs is 1. The molecular weight excluding hydrogens is 352 g/mol. The topological polar surface area (TPSA) is 85.5 Å². The second-order valence-corrected chi connectivity index (χ2v) is 6.63. The fourth-order valence-electron chi connectivity index (χ4n) is 2.56. The summed E-state index contributed by atoms with van der Waals surface area (Å²) in [7, 11) is 0. The molecular formula is C19H14N2O4S. The molecule has 0 unspecified atom stereocenters. The van der Waals surface area contributed by atoms with Gasteiger partial charge in [0.25, 0.3) is 11.8 Å². The summed E-state index contributed by atoms with van der Waals surface area (Å²) in [4.78, 5) is 13.3. The number of phenols is 1. The number of ether oxygens (including phenoxy) is 1. The molecule has 1 atom stereocenters. The molecule has 4 rings (SSSR count). The van der Waals surface area contributed by atoms with Gasteiger partial charge in [-0.15, -0.1) is 21.5 Å². The van der Waals surface area contributed by atoms with Crippen LogP contribution < -0.4 is 0 Å². The number of carbonyl (C=O) groups is 1. The molecule has 0 radical (unpaired) electrons. The predicted molar refractivity (Wildman–Crippen MR) is 97.1 cm³/mol. The highest BCUT2D eigenvalue weighted by Crippen LogP contribution is 2.29. The van der Waals surface area contributed by atoms with Gasteiger partial charge in [0.05, 0.1) is 4.88 Å². The third-order valence-electron chi connectivity index (χ3n) is 3.89. The molecule has 130 valence electrons. The molecule has 7 heteroatoms. The summed E-state index contributed by atoms with van der Waals surface area (Å²) in [6, 6.07) is 14.3. The number of hydrogen-bond acceptors (Lipinski definition) is 7. The average Bonchev–Trinajstić information content (AvgIpc) is 3.32. The molecule has 0 amide bonds. The highest BCUT2D eigenvalue weighted by Gasteiger charge is 2.22. The minimum Gasteiger partial charge on any atom is -0.507 e. The lowest BCUT2D eigenvalue weighted by Crippen LogP contribution is -2.10. The van der Waals surface area contributed by atoms with Crippen LogP contribution in [0, 0.1) is 0 Å². The highest BCUT2D eigenvalue weighted by atomic mass is 32.1. The Morgan fingerprint density at radius 1 is 1.15 bits per heavy atom. The van der Waals surface area contributed by atoms with Crippen LogP contribution in [0.15, 0.2) is 58.3 Å². The average molecular weight is 366 g/mol. The Morgan fingerprint density at radius 3 is 2.65 bits per heavy atom. The van der Waals surface area contributed by atoms with Crippen LogP contribution in [0.25, 0.3) is 21.5 Å². The minimum absolute atomic E-state index is 0.0912. The van der Waals surface area contributed by atoms with Gasteiger partial charge >= 0.3 is 5.97 Å². The number of esters is 1. The normalized spacial score (nSPS) is 12.2. The van der Waals surface area contributed by atoms with Crippen molar-refractivity contribution in [3.8, 4) is 16.5 Å². The SMILES string of the molecule is C[C@H](OC(=O)c1cc2ccccc2cc1O)c1nnc(-c2cccs2)o1. The van der Waals surface area contributed by atoms with E-state index in [1.165, 1.54) is 17.4 Å². The molecule has 26 heavy (non-hydrogen) atoms. The lowest BCUT2D eigenvalue weighted by Gasteiger charge is -2.11. The number of benzene rings is 2. The summed E-state index contributed by atoms with van der Waals surface area (Å²) >= 11 is 1.48. The first-order chi connectivity index (χ1) is 12.6. The van der Waals surface area contributed by atoms with Gasteiger partial charge in [-0.1, -0.05) is 30.3 Å². The maximum absolute atomic E-state index is 12.5. The molecule has 6 nitrogen and oxygen atoms in total. The van der Waals surface area contributed by atoms with E-state index in [4.69, 9.17) is 9.15 Å². The van der Waals surface area contributed by atoms with Crippen LogP contribution in [0.2, 0.25) is 0 Å². The van der Waals surface area contributed by atoms with Gasteiger partial charge in [-0.05, 0) is 41.3 Å². The molecule has 2 heterocycles. The zero-order chi connectivity index (χ0) is 18.1. The number of aromatic nitrogens is 2. The molecule has 4 aromatic rings. The minimum atomic E-state index is -0.741. The predicted octanol–water partition coefficient (Wildman–Crippen LogP) is 4.57. The first-order valence-electron chi connectivity index (χ1n) is 7.92. The molecule has 0 aliphatic rings. The van der Waals surface area contributed by atoms with Gasteiger partial charge in [0.2, 0.25) is 0 Å². The Morgan fingerprint density at radius 2 is 1.92 bits per heavy atom. The third-order valence-corrected chi connectivity index (χ3v) is 4.75. The van der Waals surface area contributed by atoms with Gasteiger partial charge in [-0.25, -0.2) is 4.79 Å². The summed E-state index contributed by atoms with van der Waals surface area (Å²) < 4.78 is 11.0. The van der Waals surface area contributed by atoms with Crippen LogP contribution in [0.3, 0.4) is 0 Å².